The zero-order valence-electron chi connectivity index (χ0n) is 19.0. The smallest absolute Gasteiger partial charge is 0.282 e. The van der Waals surface area contributed by atoms with Crippen LogP contribution in [0.1, 0.15) is 57.8 Å². The van der Waals surface area contributed by atoms with Crippen LogP contribution in [0.2, 0.25) is 0 Å². The molecule has 29 heavy (non-hydrogen) atoms. The highest BCUT2D eigenvalue weighted by atomic mass is 16.9. The van der Waals surface area contributed by atoms with Crippen molar-refractivity contribution in [2.24, 2.45) is 0 Å². The van der Waals surface area contributed by atoms with Gasteiger partial charge in [-0.25, -0.2) is 0 Å². The summed E-state index contributed by atoms with van der Waals surface area (Å²) in [5, 5.41) is 0. The van der Waals surface area contributed by atoms with Gasteiger partial charge in [-0.05, 0) is 31.4 Å². The van der Waals surface area contributed by atoms with E-state index in [-0.39, 0.29) is 0 Å². The molecule has 0 aliphatic carbocycles. The van der Waals surface area contributed by atoms with E-state index >= 15 is 0 Å². The lowest BCUT2D eigenvalue weighted by Crippen LogP contribution is -2.35. The Hall–Kier alpha value is -1.63. The molecule has 1 aliphatic rings. The van der Waals surface area contributed by atoms with Crippen LogP contribution >= 0.6 is 0 Å². The molecule has 166 valence electrons. The molecule has 6 nitrogen and oxygen atoms in total. The Labute approximate surface area is 177 Å². The van der Waals surface area contributed by atoms with E-state index in [0.717, 1.165) is 12.8 Å². The first-order valence-electron chi connectivity index (χ1n) is 10.7. The number of hydrogen-bond donors (Lipinski definition) is 0. The molecule has 0 amide bonds. The summed E-state index contributed by atoms with van der Waals surface area (Å²) in [5.74, 6) is -0.854. The molecule has 0 radical (unpaired) electrons. The normalized spacial score (nSPS) is 14.2. The first-order chi connectivity index (χ1) is 14.1. The maximum Gasteiger partial charge on any atom is 0.282 e. The van der Waals surface area contributed by atoms with Crippen LogP contribution < -0.4 is 0 Å². The summed E-state index contributed by atoms with van der Waals surface area (Å²) in [6.45, 7) is 0. The van der Waals surface area contributed by atoms with Gasteiger partial charge in [-0.15, -0.1) is 0 Å². The zero-order chi connectivity index (χ0) is 21.4. The molecule has 2 heterocycles. The molecule has 0 spiro atoms. The zero-order valence-corrected chi connectivity index (χ0v) is 19.0. The minimum atomic E-state index is -0.854. The van der Waals surface area contributed by atoms with Crippen molar-refractivity contribution in [3.8, 4) is 0 Å². The molecule has 0 bridgehead atoms. The second-order valence-electron chi connectivity index (χ2n) is 7.44. The maximum atomic E-state index is 5.30. The minimum absolute atomic E-state index is 0.556. The second kappa shape index (κ2) is 15.2. The third-order valence-electron chi connectivity index (χ3n) is 5.42. The molecular formula is C23H41N3O3. The largest absolute Gasteiger partial charge is 0.359 e. The van der Waals surface area contributed by atoms with E-state index < -0.39 is 5.97 Å². The van der Waals surface area contributed by atoms with Gasteiger partial charge in [0.05, 0.1) is 0 Å². The van der Waals surface area contributed by atoms with Gasteiger partial charge in [0.1, 0.15) is 6.17 Å². The van der Waals surface area contributed by atoms with Gasteiger partial charge in [-0.1, -0.05) is 38.2 Å². The van der Waals surface area contributed by atoms with E-state index in [0.29, 0.717) is 6.17 Å². The summed E-state index contributed by atoms with van der Waals surface area (Å²) < 4.78 is 15.9. The Morgan fingerprint density at radius 3 is 1.62 bits per heavy atom. The highest BCUT2D eigenvalue weighted by molar-refractivity contribution is 4.93. The van der Waals surface area contributed by atoms with Crippen LogP contribution in [-0.2, 0) is 14.2 Å². The van der Waals surface area contributed by atoms with Gasteiger partial charge in [0, 0.05) is 66.6 Å². The van der Waals surface area contributed by atoms with Crippen molar-refractivity contribution in [3.05, 3.63) is 43.0 Å². The summed E-state index contributed by atoms with van der Waals surface area (Å²) in [6, 6.07) is 5.72. The standard InChI is InChI=1S/C18H36N2O3.C5H5N/c1-19-15-16-20(2)17(19)13-11-9-7-6-8-10-12-14-18(21-3,22-4)23-5;1-2-4-6-5-3-1/h15-17H,6-14H2,1-5H3;1-5H. The molecule has 1 aromatic rings. The first-order valence-corrected chi connectivity index (χ1v) is 10.7. The minimum Gasteiger partial charge on any atom is -0.359 e. The molecule has 0 atom stereocenters. The maximum absolute atomic E-state index is 5.30. The molecule has 0 fully saturated rings. The molecule has 0 aromatic carbocycles. The molecule has 0 saturated carbocycles. The third-order valence-corrected chi connectivity index (χ3v) is 5.42. The molecule has 6 heteroatoms. The second-order valence-corrected chi connectivity index (χ2v) is 7.44. The van der Waals surface area contributed by atoms with Crippen LogP contribution in [-0.4, -0.2) is 62.3 Å². The quantitative estimate of drug-likeness (QED) is 0.344. The van der Waals surface area contributed by atoms with Crippen LogP contribution in [0.4, 0.5) is 0 Å². The predicted molar refractivity (Wildman–Crippen MR) is 118 cm³/mol. The monoisotopic (exact) mass is 407 g/mol. The van der Waals surface area contributed by atoms with Crippen molar-refractivity contribution in [2.75, 3.05) is 35.4 Å². The van der Waals surface area contributed by atoms with E-state index in [1.807, 2.05) is 18.2 Å². The van der Waals surface area contributed by atoms with Gasteiger partial charge >= 0.3 is 0 Å². The van der Waals surface area contributed by atoms with E-state index in [1.54, 1.807) is 33.7 Å². The number of unbranched alkanes of at least 4 members (excludes halogenated alkanes) is 6. The van der Waals surface area contributed by atoms with Crippen molar-refractivity contribution in [1.29, 1.82) is 0 Å². The Balaban J connectivity index is 0.000000594. The van der Waals surface area contributed by atoms with Crippen LogP contribution in [0, 0.1) is 0 Å². The number of aromatic nitrogens is 1. The van der Waals surface area contributed by atoms with Gasteiger partial charge in [-0.2, -0.15) is 0 Å². The Morgan fingerprint density at radius 2 is 1.21 bits per heavy atom. The van der Waals surface area contributed by atoms with Crippen molar-refractivity contribution in [3.63, 3.8) is 0 Å². The SMILES string of the molecule is COC(CCCCCCCCCC1N(C)C=CN1C)(OC)OC.c1ccncc1. The average molecular weight is 408 g/mol. The van der Waals surface area contributed by atoms with Gasteiger partial charge in [0.2, 0.25) is 0 Å². The summed E-state index contributed by atoms with van der Waals surface area (Å²) in [6.07, 6.45) is 19.2. The van der Waals surface area contributed by atoms with Crippen molar-refractivity contribution < 1.29 is 14.2 Å². The molecule has 1 aliphatic heterocycles. The van der Waals surface area contributed by atoms with Gasteiger partial charge in [0.25, 0.3) is 5.97 Å². The number of methoxy groups -OCH3 is 3. The van der Waals surface area contributed by atoms with Crippen molar-refractivity contribution >= 4 is 0 Å². The van der Waals surface area contributed by atoms with Crippen molar-refractivity contribution in [1.82, 2.24) is 14.8 Å². The van der Waals surface area contributed by atoms with Gasteiger partial charge in [0.15, 0.2) is 0 Å². The number of nitrogens with zero attached hydrogens (tertiary/aromatic N) is 3. The van der Waals surface area contributed by atoms with E-state index in [4.69, 9.17) is 14.2 Å². The summed E-state index contributed by atoms with van der Waals surface area (Å²) in [5.41, 5.74) is 0. The number of ether oxygens (including phenoxy) is 3. The number of pyridine rings is 1. The lowest BCUT2D eigenvalue weighted by atomic mass is 10.1. The molecule has 0 N–H and O–H groups in total. The fourth-order valence-corrected chi connectivity index (χ4v) is 3.52. The fraction of sp³-hybridized carbons (Fsp3) is 0.696. The molecule has 2 rings (SSSR count). The number of hydrogen-bond acceptors (Lipinski definition) is 6. The topological polar surface area (TPSA) is 47.1 Å². The Morgan fingerprint density at radius 1 is 0.724 bits per heavy atom. The molecule has 1 aromatic heterocycles. The van der Waals surface area contributed by atoms with E-state index in [9.17, 15) is 0 Å². The van der Waals surface area contributed by atoms with E-state index in [2.05, 4.69) is 41.3 Å². The summed E-state index contributed by atoms with van der Waals surface area (Å²) >= 11 is 0. The molecular weight excluding hydrogens is 366 g/mol. The highest BCUT2D eigenvalue weighted by Crippen LogP contribution is 2.22. The van der Waals surface area contributed by atoms with Crippen LogP contribution in [0.5, 0.6) is 0 Å². The lowest BCUT2D eigenvalue weighted by Gasteiger charge is -2.28. The Kier molecular flexibility index (Phi) is 13.4. The molecule has 0 saturated heterocycles. The average Bonchev–Trinajstić information content (AvgIpc) is 3.09. The van der Waals surface area contributed by atoms with E-state index in [1.165, 1.54) is 44.9 Å². The van der Waals surface area contributed by atoms with Crippen LogP contribution in [0.25, 0.3) is 0 Å². The van der Waals surface area contributed by atoms with Crippen molar-refractivity contribution in [2.45, 2.75) is 69.9 Å². The molecule has 0 unspecified atom stereocenters. The lowest BCUT2D eigenvalue weighted by molar-refractivity contribution is -0.355. The van der Waals surface area contributed by atoms with Crippen LogP contribution in [0.15, 0.2) is 43.0 Å². The summed E-state index contributed by atoms with van der Waals surface area (Å²) in [7, 11) is 9.20. The first kappa shape index (κ1) is 25.4. The highest BCUT2D eigenvalue weighted by Gasteiger charge is 2.28. The van der Waals surface area contributed by atoms with Gasteiger partial charge < -0.3 is 24.0 Å². The predicted octanol–water partition coefficient (Wildman–Crippen LogP) is 4.85. The summed E-state index contributed by atoms with van der Waals surface area (Å²) in [4.78, 5) is 8.38. The number of rotatable bonds is 13. The Bertz CT molecular complexity index is 476. The fourth-order valence-electron chi connectivity index (χ4n) is 3.52. The van der Waals surface area contributed by atoms with Gasteiger partial charge in [-0.3, -0.25) is 4.98 Å². The third kappa shape index (κ3) is 10.1. The van der Waals surface area contributed by atoms with Crippen LogP contribution in [0.3, 0.4) is 0 Å².